The molecule has 0 amide bonds. The molecule has 1 saturated heterocycles. The van der Waals surface area contributed by atoms with E-state index in [-0.39, 0.29) is 22.7 Å². The van der Waals surface area contributed by atoms with Gasteiger partial charge in [0.05, 0.1) is 30.4 Å². The molecule has 0 bridgehead atoms. The minimum atomic E-state index is -1.13. The Hall–Kier alpha value is -4.69. The average Bonchev–Trinajstić information content (AvgIpc) is 3.75. The number of imidazole rings is 1. The molecule has 7 rings (SSSR count). The molecule has 2 aliphatic heterocycles. The normalized spacial score (nSPS) is 19.4. The fourth-order valence-corrected chi connectivity index (χ4v) is 6.46. The van der Waals surface area contributed by atoms with Crippen LogP contribution < -0.4 is 4.74 Å². The molecule has 11 heteroatoms. The summed E-state index contributed by atoms with van der Waals surface area (Å²) in [4.78, 5) is 23.0. The number of hydrogen-bond donors (Lipinski definition) is 1. The van der Waals surface area contributed by atoms with Crippen molar-refractivity contribution in [3.05, 3.63) is 94.2 Å². The molecule has 45 heavy (non-hydrogen) atoms. The lowest BCUT2D eigenvalue weighted by Crippen LogP contribution is -2.34. The fraction of sp³-hybridized carbons (Fsp3) is 0.353. The van der Waals surface area contributed by atoms with Gasteiger partial charge < -0.3 is 14.4 Å². The number of carboxylic acid groups (broad SMARTS) is 1. The number of likely N-dealkylation sites (tertiary alicyclic amines) is 1. The van der Waals surface area contributed by atoms with E-state index in [1.807, 2.05) is 16.7 Å². The number of rotatable bonds is 8. The third kappa shape index (κ3) is 5.44. The van der Waals surface area contributed by atoms with Gasteiger partial charge >= 0.3 is 5.97 Å². The van der Waals surface area contributed by atoms with Crippen molar-refractivity contribution < 1.29 is 27.8 Å². The molecule has 0 radical (unpaired) electrons. The number of aromatic carboxylic acids is 1. The predicted octanol–water partition coefficient (Wildman–Crippen LogP) is 6.71. The molecule has 1 aliphatic carbocycles. The second-order valence-corrected chi connectivity index (χ2v) is 12.3. The van der Waals surface area contributed by atoms with E-state index >= 15 is 4.39 Å². The summed E-state index contributed by atoms with van der Waals surface area (Å²) in [6.45, 7) is 1.87. The molecule has 3 aliphatic rings. The smallest absolute Gasteiger partial charge is 0.354 e. The van der Waals surface area contributed by atoms with E-state index in [2.05, 4.69) is 9.88 Å². The second kappa shape index (κ2) is 11.3. The number of carboxylic acids is 1. The third-order valence-corrected chi connectivity index (χ3v) is 9.30. The summed E-state index contributed by atoms with van der Waals surface area (Å²) in [6, 6.07) is 14.4. The minimum Gasteiger partial charge on any atom is -0.480 e. The minimum absolute atomic E-state index is 0.0773. The van der Waals surface area contributed by atoms with Crippen molar-refractivity contribution in [3.8, 4) is 11.8 Å². The number of nitrogens with zero attached hydrogens (tertiary/aromatic N) is 5. The van der Waals surface area contributed by atoms with Gasteiger partial charge in [-0.05, 0) is 86.7 Å². The average molecular weight is 614 g/mol. The zero-order chi connectivity index (χ0) is 31.3. The van der Waals surface area contributed by atoms with Gasteiger partial charge in [-0.15, -0.1) is 0 Å². The predicted molar refractivity (Wildman–Crippen MR) is 159 cm³/mol. The number of benzene rings is 2. The molecule has 2 aromatic heterocycles. The van der Waals surface area contributed by atoms with Crippen LogP contribution in [-0.2, 0) is 13.1 Å². The molecular weight excluding hydrogens is 583 g/mol. The summed E-state index contributed by atoms with van der Waals surface area (Å²) in [5.74, 6) is -1.03. The standard InChI is InChI=1S/C34H30F3N5O3/c35-18-34(10-11-34)19-42-30(39-27-6-7-28(33(43)44)40-32(27)42)17-41-12-8-21(9-13-41)22-2-1-3-24-26(37)15-29(45-31(22)24)23-5-4-20(16-38)14-25(23)36/h1-7,14-15,21,29H,8-13,17-19H2,(H,43,44). The van der Waals surface area contributed by atoms with E-state index in [1.165, 1.54) is 24.3 Å². The number of ether oxygens (including phenoxy) is 1. The van der Waals surface area contributed by atoms with Crippen molar-refractivity contribution in [1.29, 1.82) is 5.26 Å². The van der Waals surface area contributed by atoms with Crippen molar-refractivity contribution in [2.45, 2.75) is 50.8 Å². The maximum atomic E-state index is 15.3. The molecule has 4 heterocycles. The molecule has 1 unspecified atom stereocenters. The van der Waals surface area contributed by atoms with E-state index in [4.69, 9.17) is 15.0 Å². The highest BCUT2D eigenvalue weighted by molar-refractivity contribution is 5.88. The highest BCUT2D eigenvalue weighted by Gasteiger charge is 2.44. The summed E-state index contributed by atoms with van der Waals surface area (Å²) < 4.78 is 52.2. The number of hydrogen-bond acceptors (Lipinski definition) is 6. The Morgan fingerprint density at radius 3 is 2.58 bits per heavy atom. The first-order valence-corrected chi connectivity index (χ1v) is 15.0. The number of aromatic nitrogens is 3. The second-order valence-electron chi connectivity index (χ2n) is 12.3. The van der Waals surface area contributed by atoms with Gasteiger partial charge in [-0.25, -0.2) is 23.5 Å². The van der Waals surface area contributed by atoms with Crippen LogP contribution in [0.1, 0.15) is 76.3 Å². The van der Waals surface area contributed by atoms with Gasteiger partial charge in [0, 0.05) is 17.5 Å². The quantitative estimate of drug-likeness (QED) is 0.235. The molecule has 1 atom stereocenters. The molecule has 0 spiro atoms. The highest BCUT2D eigenvalue weighted by atomic mass is 19.1. The van der Waals surface area contributed by atoms with Gasteiger partial charge in [0.25, 0.3) is 0 Å². The first-order valence-electron chi connectivity index (χ1n) is 15.0. The lowest BCUT2D eigenvalue weighted by atomic mass is 9.86. The summed E-state index contributed by atoms with van der Waals surface area (Å²) in [6.07, 6.45) is 3.35. The Kier molecular flexibility index (Phi) is 7.32. The van der Waals surface area contributed by atoms with Crippen molar-refractivity contribution >= 4 is 23.0 Å². The third-order valence-electron chi connectivity index (χ3n) is 9.30. The van der Waals surface area contributed by atoms with Gasteiger partial charge in [-0.2, -0.15) is 5.26 Å². The number of fused-ring (bicyclic) bond motifs is 2. The van der Waals surface area contributed by atoms with Gasteiger partial charge in [-0.1, -0.05) is 18.2 Å². The van der Waals surface area contributed by atoms with Crippen LogP contribution in [0.15, 0.2) is 54.6 Å². The van der Waals surface area contributed by atoms with Gasteiger partial charge in [0.15, 0.2) is 11.3 Å². The van der Waals surface area contributed by atoms with Crippen molar-refractivity contribution in [2.75, 3.05) is 19.8 Å². The number of alkyl halides is 1. The van der Waals surface area contributed by atoms with Crippen molar-refractivity contribution in [2.24, 2.45) is 5.41 Å². The van der Waals surface area contributed by atoms with E-state index < -0.39 is 35.8 Å². The Labute approximate surface area is 257 Å². The number of para-hydroxylation sites is 1. The van der Waals surface area contributed by atoms with E-state index in [0.29, 0.717) is 48.7 Å². The lowest BCUT2D eigenvalue weighted by molar-refractivity contribution is 0.0690. The molecule has 4 aromatic rings. The summed E-state index contributed by atoms with van der Waals surface area (Å²) in [7, 11) is 0. The topological polar surface area (TPSA) is 104 Å². The maximum Gasteiger partial charge on any atom is 0.354 e. The number of pyridine rings is 1. The Morgan fingerprint density at radius 2 is 1.89 bits per heavy atom. The Morgan fingerprint density at radius 1 is 1.09 bits per heavy atom. The molecule has 2 aromatic carbocycles. The fourth-order valence-electron chi connectivity index (χ4n) is 6.46. The summed E-state index contributed by atoms with van der Waals surface area (Å²) >= 11 is 0. The zero-order valence-corrected chi connectivity index (χ0v) is 24.3. The van der Waals surface area contributed by atoms with Crippen LogP contribution in [0.2, 0.25) is 0 Å². The van der Waals surface area contributed by atoms with Crippen LogP contribution >= 0.6 is 0 Å². The number of carbonyl (C=O) groups is 1. The van der Waals surface area contributed by atoms with Crippen LogP contribution in [0, 0.1) is 22.6 Å². The van der Waals surface area contributed by atoms with E-state index in [0.717, 1.165) is 43.1 Å². The number of halogens is 3. The monoisotopic (exact) mass is 613 g/mol. The van der Waals surface area contributed by atoms with E-state index in [9.17, 15) is 18.7 Å². The van der Waals surface area contributed by atoms with Gasteiger partial charge in [0.2, 0.25) is 0 Å². The molecule has 8 nitrogen and oxygen atoms in total. The molecule has 2 fully saturated rings. The zero-order valence-electron chi connectivity index (χ0n) is 24.3. The first-order chi connectivity index (χ1) is 21.8. The number of piperidine rings is 1. The van der Waals surface area contributed by atoms with Crippen LogP contribution in [0.4, 0.5) is 13.2 Å². The first kappa shape index (κ1) is 29.0. The van der Waals surface area contributed by atoms with Crippen molar-refractivity contribution in [1.82, 2.24) is 19.4 Å². The summed E-state index contributed by atoms with van der Waals surface area (Å²) in [5, 5.41) is 18.6. The SMILES string of the molecule is N#Cc1ccc(C2C=C(F)c3cccc(C4CCN(Cc5nc6ccc(C(=O)O)nc6n5CC5(CF)CC5)CC4)c3O2)c(F)c1. The maximum absolute atomic E-state index is 15.3. The van der Waals surface area contributed by atoms with Crippen molar-refractivity contribution in [3.63, 3.8) is 0 Å². The summed E-state index contributed by atoms with van der Waals surface area (Å²) in [5.41, 5.74) is 2.04. The molecule has 1 N–H and O–H groups in total. The lowest BCUT2D eigenvalue weighted by Gasteiger charge is -2.34. The van der Waals surface area contributed by atoms with Gasteiger partial charge in [-0.3, -0.25) is 9.29 Å². The Bertz CT molecular complexity index is 1890. The van der Waals surface area contributed by atoms with Crippen LogP contribution in [0.3, 0.4) is 0 Å². The Balaban J connectivity index is 1.10. The molecular formula is C34H30F3N5O3. The largest absolute Gasteiger partial charge is 0.480 e. The van der Waals surface area contributed by atoms with Gasteiger partial charge in [0.1, 0.15) is 34.8 Å². The van der Waals surface area contributed by atoms with E-state index in [1.54, 1.807) is 18.2 Å². The van der Waals surface area contributed by atoms with Crippen LogP contribution in [0.5, 0.6) is 5.75 Å². The van der Waals surface area contributed by atoms with Crippen LogP contribution in [-0.4, -0.2) is 50.3 Å². The highest BCUT2D eigenvalue weighted by Crippen LogP contribution is 2.48. The molecule has 230 valence electrons. The van der Waals surface area contributed by atoms with Crippen LogP contribution in [0.25, 0.3) is 17.0 Å². The molecule has 1 saturated carbocycles. The number of nitriles is 1.